The molecule has 1 aliphatic carbocycles. The van der Waals surface area contributed by atoms with Crippen LogP contribution in [0.3, 0.4) is 0 Å². The lowest BCUT2D eigenvalue weighted by Crippen LogP contribution is -2.18. The summed E-state index contributed by atoms with van der Waals surface area (Å²) in [5.41, 5.74) is 1.75. The second kappa shape index (κ2) is 10.7. The van der Waals surface area contributed by atoms with Crippen molar-refractivity contribution < 1.29 is 18.7 Å². The molecule has 3 aromatic rings. The molecule has 0 aliphatic heterocycles. The van der Waals surface area contributed by atoms with Crippen LogP contribution in [0.25, 0.3) is 17.4 Å². The van der Waals surface area contributed by atoms with Gasteiger partial charge in [0.05, 0.1) is 21.7 Å². The van der Waals surface area contributed by atoms with Crippen LogP contribution >= 0.6 is 34.5 Å². The van der Waals surface area contributed by atoms with Gasteiger partial charge in [0.2, 0.25) is 0 Å². The number of ether oxygens (including phenoxy) is 1. The van der Waals surface area contributed by atoms with E-state index in [1.165, 1.54) is 17.4 Å². The van der Waals surface area contributed by atoms with Crippen molar-refractivity contribution in [2.75, 3.05) is 5.32 Å². The number of hydrogen-bond donors (Lipinski definition) is 1. The molecular formula is C26H22Cl2N2O4S. The number of rotatable bonds is 6. The van der Waals surface area contributed by atoms with E-state index in [0.29, 0.717) is 37.7 Å². The zero-order valence-corrected chi connectivity index (χ0v) is 21.4. The van der Waals surface area contributed by atoms with Gasteiger partial charge in [-0.15, -0.1) is 11.3 Å². The number of carbonyl (C=O) groups is 2. The van der Waals surface area contributed by atoms with Crippen LogP contribution in [0, 0.1) is 11.3 Å². The number of nitrogens with one attached hydrogen (secondary N) is 1. The number of carbonyl (C=O) groups excluding carboxylic acids is 2. The van der Waals surface area contributed by atoms with Crippen LogP contribution in [0.5, 0.6) is 0 Å². The molecule has 0 bridgehead atoms. The SMILES string of the molecule is CC(C)OC(=O)c1c(NC(=O)/C(C#N)=C/c2ccc(-c3cccc(Cl)c3Cl)o2)sc2c1CCCC2. The number of halogens is 2. The first kappa shape index (κ1) is 25.1. The van der Waals surface area contributed by atoms with E-state index in [-0.39, 0.29) is 11.7 Å². The Hall–Kier alpha value is -3.05. The Bertz CT molecular complexity index is 1360. The smallest absolute Gasteiger partial charge is 0.341 e. The second-order valence-corrected chi connectivity index (χ2v) is 10.2. The van der Waals surface area contributed by atoms with Gasteiger partial charge in [-0.2, -0.15) is 5.26 Å². The highest BCUT2D eigenvalue weighted by molar-refractivity contribution is 7.17. The van der Waals surface area contributed by atoms with Crippen molar-refractivity contribution in [1.82, 2.24) is 0 Å². The zero-order chi connectivity index (χ0) is 25.1. The van der Waals surface area contributed by atoms with Crippen LogP contribution < -0.4 is 5.32 Å². The molecule has 0 unspecified atom stereocenters. The Labute approximate surface area is 217 Å². The molecule has 35 heavy (non-hydrogen) atoms. The summed E-state index contributed by atoms with van der Waals surface area (Å²) < 4.78 is 11.2. The summed E-state index contributed by atoms with van der Waals surface area (Å²) in [6.07, 6.45) is 4.66. The van der Waals surface area contributed by atoms with E-state index >= 15 is 0 Å². The van der Waals surface area contributed by atoms with Crippen LogP contribution in [0.4, 0.5) is 5.00 Å². The topological polar surface area (TPSA) is 92.3 Å². The average molecular weight is 529 g/mol. The molecule has 0 fully saturated rings. The number of esters is 1. The fourth-order valence-electron chi connectivity index (χ4n) is 3.87. The van der Waals surface area contributed by atoms with Gasteiger partial charge in [-0.05, 0) is 69.4 Å². The first-order valence-electron chi connectivity index (χ1n) is 11.1. The van der Waals surface area contributed by atoms with E-state index in [4.69, 9.17) is 32.4 Å². The largest absolute Gasteiger partial charge is 0.459 e. The number of hydrogen-bond acceptors (Lipinski definition) is 6. The number of furan rings is 1. The quantitative estimate of drug-likeness (QED) is 0.205. The van der Waals surface area contributed by atoms with Crippen molar-refractivity contribution in [2.24, 2.45) is 0 Å². The number of benzene rings is 1. The molecule has 0 spiro atoms. The van der Waals surface area contributed by atoms with E-state index in [0.717, 1.165) is 36.1 Å². The summed E-state index contributed by atoms with van der Waals surface area (Å²) >= 11 is 13.7. The predicted molar refractivity (Wildman–Crippen MR) is 138 cm³/mol. The maximum Gasteiger partial charge on any atom is 0.341 e. The Morgan fingerprint density at radius 1 is 1.20 bits per heavy atom. The Morgan fingerprint density at radius 2 is 1.97 bits per heavy atom. The van der Waals surface area contributed by atoms with E-state index in [1.54, 1.807) is 44.2 Å². The van der Waals surface area contributed by atoms with Crippen molar-refractivity contribution in [3.05, 3.63) is 67.7 Å². The molecule has 4 rings (SSSR count). The van der Waals surface area contributed by atoms with Gasteiger partial charge in [0.15, 0.2) is 0 Å². The van der Waals surface area contributed by atoms with Gasteiger partial charge in [-0.3, -0.25) is 4.79 Å². The fourth-order valence-corrected chi connectivity index (χ4v) is 5.54. The summed E-state index contributed by atoms with van der Waals surface area (Å²) in [5, 5.41) is 13.5. The molecular weight excluding hydrogens is 507 g/mol. The van der Waals surface area contributed by atoms with Gasteiger partial charge in [0.25, 0.3) is 5.91 Å². The monoisotopic (exact) mass is 528 g/mol. The van der Waals surface area contributed by atoms with E-state index in [1.807, 2.05) is 6.07 Å². The van der Waals surface area contributed by atoms with Gasteiger partial charge in [-0.1, -0.05) is 29.3 Å². The van der Waals surface area contributed by atoms with Crippen molar-refractivity contribution in [2.45, 2.75) is 45.6 Å². The zero-order valence-electron chi connectivity index (χ0n) is 19.1. The molecule has 0 atom stereocenters. The van der Waals surface area contributed by atoms with Gasteiger partial charge in [-0.25, -0.2) is 4.79 Å². The highest BCUT2D eigenvalue weighted by Crippen LogP contribution is 2.39. The van der Waals surface area contributed by atoms with Crippen LogP contribution in [-0.4, -0.2) is 18.0 Å². The van der Waals surface area contributed by atoms with Gasteiger partial charge in [0, 0.05) is 16.5 Å². The van der Waals surface area contributed by atoms with Crippen molar-refractivity contribution in [3.63, 3.8) is 0 Å². The second-order valence-electron chi connectivity index (χ2n) is 8.30. The lowest BCUT2D eigenvalue weighted by atomic mass is 9.95. The molecule has 1 aliphatic rings. The van der Waals surface area contributed by atoms with Crippen LogP contribution in [0.1, 0.15) is 53.2 Å². The Morgan fingerprint density at radius 3 is 2.71 bits per heavy atom. The maximum absolute atomic E-state index is 13.0. The van der Waals surface area contributed by atoms with Crippen LogP contribution in [-0.2, 0) is 22.4 Å². The number of nitriles is 1. The fraction of sp³-hybridized carbons (Fsp3) is 0.269. The van der Waals surface area contributed by atoms with Crippen molar-refractivity contribution in [1.29, 1.82) is 5.26 Å². The molecule has 2 heterocycles. The summed E-state index contributed by atoms with van der Waals surface area (Å²) in [6.45, 7) is 3.55. The average Bonchev–Trinajstić information content (AvgIpc) is 3.42. The van der Waals surface area contributed by atoms with Crippen LogP contribution in [0.15, 0.2) is 40.3 Å². The van der Waals surface area contributed by atoms with Gasteiger partial charge in [0.1, 0.15) is 28.2 Å². The predicted octanol–water partition coefficient (Wildman–Crippen LogP) is 7.30. The molecule has 1 aromatic carbocycles. The first-order valence-corrected chi connectivity index (χ1v) is 12.7. The summed E-state index contributed by atoms with van der Waals surface area (Å²) in [6, 6.07) is 10.4. The van der Waals surface area contributed by atoms with Crippen molar-refractivity contribution in [3.8, 4) is 17.4 Å². The minimum atomic E-state index is -0.636. The molecule has 1 amide bonds. The minimum Gasteiger partial charge on any atom is -0.459 e. The summed E-state index contributed by atoms with van der Waals surface area (Å²) in [5.74, 6) is -0.353. The third-order valence-corrected chi connectivity index (χ3v) is 7.47. The normalized spacial score (nSPS) is 13.3. The number of thiophene rings is 1. The summed E-state index contributed by atoms with van der Waals surface area (Å²) in [7, 11) is 0. The molecule has 0 saturated carbocycles. The standard InChI is InChI=1S/C26H22Cl2N2O4S/c1-14(2)33-26(32)22-18-6-3-4-9-21(18)35-25(22)30-24(31)15(13-29)12-16-10-11-20(34-16)17-7-5-8-19(27)23(17)28/h5,7-8,10-12,14H,3-4,6,9H2,1-2H3,(H,30,31)/b15-12+. The molecule has 0 radical (unpaired) electrons. The third-order valence-electron chi connectivity index (χ3n) is 5.44. The Balaban J connectivity index is 1.61. The first-order chi connectivity index (χ1) is 16.8. The highest BCUT2D eigenvalue weighted by atomic mass is 35.5. The molecule has 0 saturated heterocycles. The van der Waals surface area contributed by atoms with Crippen molar-refractivity contribution >= 4 is 57.5 Å². The lowest BCUT2D eigenvalue weighted by Gasteiger charge is -2.14. The molecule has 180 valence electrons. The number of fused-ring (bicyclic) bond motifs is 1. The molecule has 9 heteroatoms. The van der Waals surface area contributed by atoms with Gasteiger partial charge >= 0.3 is 5.97 Å². The lowest BCUT2D eigenvalue weighted by molar-refractivity contribution is -0.112. The van der Waals surface area contributed by atoms with E-state index < -0.39 is 11.9 Å². The van der Waals surface area contributed by atoms with Gasteiger partial charge < -0.3 is 14.5 Å². The summed E-state index contributed by atoms with van der Waals surface area (Å²) in [4.78, 5) is 26.9. The molecule has 1 N–H and O–H groups in total. The highest BCUT2D eigenvalue weighted by Gasteiger charge is 2.28. The minimum absolute atomic E-state index is 0.169. The number of aryl methyl sites for hydroxylation is 1. The molecule has 2 aromatic heterocycles. The van der Waals surface area contributed by atoms with Crippen LogP contribution in [0.2, 0.25) is 10.0 Å². The van der Waals surface area contributed by atoms with E-state index in [2.05, 4.69) is 5.32 Å². The number of nitrogens with zero attached hydrogens (tertiary/aromatic N) is 1. The Kier molecular flexibility index (Phi) is 7.66. The maximum atomic E-state index is 13.0. The third kappa shape index (κ3) is 5.46. The van der Waals surface area contributed by atoms with E-state index in [9.17, 15) is 14.9 Å². The number of anilines is 1. The molecule has 6 nitrogen and oxygen atoms in total. The number of amides is 1.